The molecule has 5 heteroatoms. The molecule has 1 aromatic heterocycles. The second kappa shape index (κ2) is 3.80. The molecule has 0 aliphatic heterocycles. The van der Waals surface area contributed by atoms with Gasteiger partial charge in [0.2, 0.25) is 0 Å². The summed E-state index contributed by atoms with van der Waals surface area (Å²) in [7, 11) is 1.26. The van der Waals surface area contributed by atoms with Crippen LogP contribution < -0.4 is 0 Å². The van der Waals surface area contributed by atoms with Crippen LogP contribution in [0.3, 0.4) is 0 Å². The molecule has 1 aliphatic rings. The molecule has 1 aliphatic carbocycles. The molecule has 1 aromatic carbocycles. The minimum atomic E-state index is -0.702. The van der Waals surface area contributed by atoms with Gasteiger partial charge in [-0.3, -0.25) is 0 Å². The van der Waals surface area contributed by atoms with E-state index in [1.807, 2.05) is 0 Å². The maximum Gasteiger partial charge on any atom is 0.340 e. The van der Waals surface area contributed by atoms with Crippen molar-refractivity contribution in [3.05, 3.63) is 35.0 Å². The molecule has 2 aromatic rings. The van der Waals surface area contributed by atoms with Crippen molar-refractivity contribution in [2.24, 2.45) is 0 Å². The van der Waals surface area contributed by atoms with Gasteiger partial charge in [0.25, 0.3) is 0 Å². The highest BCUT2D eigenvalue weighted by atomic mass is 19.1. The lowest BCUT2D eigenvalue weighted by molar-refractivity contribution is 0.0601. The highest BCUT2D eigenvalue weighted by Gasteiger charge is 2.32. The summed E-state index contributed by atoms with van der Waals surface area (Å²) in [5, 5.41) is 0.251. The lowest BCUT2D eigenvalue weighted by atomic mass is 10.1. The van der Waals surface area contributed by atoms with E-state index in [4.69, 9.17) is 4.74 Å². The number of benzene rings is 1. The predicted molar refractivity (Wildman–Crippen MR) is 61.5 cm³/mol. The Morgan fingerprint density at radius 3 is 2.72 bits per heavy atom. The number of hydrogen-bond acceptors (Lipinski definition) is 2. The molecule has 1 N–H and O–H groups in total. The Kier molecular flexibility index (Phi) is 2.36. The van der Waals surface area contributed by atoms with Gasteiger partial charge in [0.05, 0.1) is 18.2 Å². The topological polar surface area (TPSA) is 42.1 Å². The van der Waals surface area contributed by atoms with Gasteiger partial charge in [0, 0.05) is 17.1 Å². The molecule has 0 unspecified atom stereocenters. The van der Waals surface area contributed by atoms with Gasteiger partial charge in [-0.1, -0.05) is 0 Å². The van der Waals surface area contributed by atoms with E-state index < -0.39 is 17.6 Å². The monoisotopic (exact) mass is 251 g/mol. The molecule has 0 atom stereocenters. The van der Waals surface area contributed by atoms with Gasteiger partial charge in [-0.2, -0.15) is 0 Å². The number of aromatic amines is 1. The predicted octanol–water partition coefficient (Wildman–Crippen LogP) is 3.11. The van der Waals surface area contributed by atoms with E-state index in [0.29, 0.717) is 5.69 Å². The number of rotatable bonds is 2. The van der Waals surface area contributed by atoms with E-state index >= 15 is 0 Å². The molecule has 0 spiro atoms. The molecule has 3 rings (SSSR count). The number of methoxy groups -OCH3 is 1. The molecular formula is C13H11F2NO2. The first kappa shape index (κ1) is 11.2. The normalized spacial score (nSPS) is 15.1. The molecule has 0 radical (unpaired) electrons. The minimum Gasteiger partial charge on any atom is -0.465 e. The highest BCUT2D eigenvalue weighted by molar-refractivity contribution is 6.06. The minimum absolute atomic E-state index is 0.165. The Morgan fingerprint density at radius 1 is 1.39 bits per heavy atom. The molecule has 94 valence electrons. The fourth-order valence-electron chi connectivity index (χ4n) is 2.24. The van der Waals surface area contributed by atoms with E-state index in [0.717, 1.165) is 25.0 Å². The highest BCUT2D eigenvalue weighted by Crippen LogP contribution is 2.43. The van der Waals surface area contributed by atoms with Gasteiger partial charge in [-0.25, -0.2) is 13.6 Å². The molecular weight excluding hydrogens is 240 g/mol. The van der Waals surface area contributed by atoms with Gasteiger partial charge in [0.1, 0.15) is 11.6 Å². The van der Waals surface area contributed by atoms with Crippen LogP contribution in [0.1, 0.15) is 34.8 Å². The lowest BCUT2D eigenvalue weighted by Crippen LogP contribution is -2.03. The van der Waals surface area contributed by atoms with E-state index in [1.165, 1.54) is 7.11 Å². The Morgan fingerprint density at radius 2 is 2.11 bits per heavy atom. The van der Waals surface area contributed by atoms with Crippen LogP contribution >= 0.6 is 0 Å². The second-order valence-corrected chi connectivity index (χ2v) is 4.49. The molecule has 1 fully saturated rings. The van der Waals surface area contributed by atoms with Gasteiger partial charge < -0.3 is 9.72 Å². The van der Waals surface area contributed by atoms with Crippen LogP contribution in [-0.4, -0.2) is 18.1 Å². The molecule has 1 heterocycles. The molecule has 18 heavy (non-hydrogen) atoms. The SMILES string of the molecule is COC(=O)c1c(C2CC2)[nH]c2c(F)cc(F)cc12. The first-order valence-electron chi connectivity index (χ1n) is 5.70. The van der Waals surface area contributed by atoms with Crippen LogP contribution in [0.5, 0.6) is 0 Å². The fraction of sp³-hybridized carbons (Fsp3) is 0.308. The van der Waals surface area contributed by atoms with Crippen LogP contribution in [-0.2, 0) is 4.74 Å². The quantitative estimate of drug-likeness (QED) is 0.833. The summed E-state index contributed by atoms with van der Waals surface area (Å²) in [4.78, 5) is 14.7. The van der Waals surface area contributed by atoms with Crippen molar-refractivity contribution in [1.29, 1.82) is 0 Å². The van der Waals surface area contributed by atoms with Crippen molar-refractivity contribution in [2.75, 3.05) is 7.11 Å². The largest absolute Gasteiger partial charge is 0.465 e. The van der Waals surface area contributed by atoms with Crippen molar-refractivity contribution < 1.29 is 18.3 Å². The zero-order chi connectivity index (χ0) is 12.9. The fourth-order valence-corrected chi connectivity index (χ4v) is 2.24. The molecule has 3 nitrogen and oxygen atoms in total. The van der Waals surface area contributed by atoms with E-state index in [-0.39, 0.29) is 22.4 Å². The van der Waals surface area contributed by atoms with Crippen LogP contribution in [0.15, 0.2) is 12.1 Å². The third-order valence-electron chi connectivity index (χ3n) is 3.23. The molecule has 0 bridgehead atoms. The zero-order valence-corrected chi connectivity index (χ0v) is 9.72. The standard InChI is InChI=1S/C13H11F2NO2/c1-18-13(17)10-8-4-7(14)5-9(15)12(8)16-11(10)6-2-3-6/h4-6,16H,2-3H2,1H3. The number of aromatic nitrogens is 1. The number of nitrogens with one attached hydrogen (secondary N) is 1. The first-order chi connectivity index (χ1) is 8.61. The Balaban J connectivity index is 2.33. The van der Waals surface area contributed by atoms with Crippen LogP contribution in [0.2, 0.25) is 0 Å². The third kappa shape index (κ3) is 1.58. The van der Waals surface area contributed by atoms with Crippen molar-refractivity contribution in [2.45, 2.75) is 18.8 Å². The van der Waals surface area contributed by atoms with Gasteiger partial charge in [0.15, 0.2) is 0 Å². The number of ether oxygens (including phenoxy) is 1. The molecule has 0 amide bonds. The smallest absolute Gasteiger partial charge is 0.340 e. The summed E-state index contributed by atoms with van der Waals surface area (Å²) in [6.07, 6.45) is 1.89. The van der Waals surface area contributed by atoms with E-state index in [2.05, 4.69) is 4.98 Å². The average molecular weight is 251 g/mol. The molecule has 1 saturated carbocycles. The number of H-pyrrole nitrogens is 1. The van der Waals surface area contributed by atoms with Gasteiger partial charge in [-0.15, -0.1) is 0 Å². The summed E-state index contributed by atoms with van der Waals surface area (Å²) in [5.41, 5.74) is 1.08. The van der Waals surface area contributed by atoms with E-state index in [9.17, 15) is 13.6 Å². The molecule has 0 saturated heterocycles. The average Bonchev–Trinajstić information content (AvgIpc) is 3.10. The van der Waals surface area contributed by atoms with Gasteiger partial charge >= 0.3 is 5.97 Å². The second-order valence-electron chi connectivity index (χ2n) is 4.49. The number of carbonyl (C=O) groups is 1. The summed E-state index contributed by atoms with van der Waals surface area (Å²) < 4.78 is 31.6. The number of esters is 1. The van der Waals surface area contributed by atoms with Crippen LogP contribution in [0.4, 0.5) is 8.78 Å². The number of carbonyl (C=O) groups excluding carboxylic acids is 1. The van der Waals surface area contributed by atoms with Gasteiger partial charge in [-0.05, 0) is 24.8 Å². The summed E-state index contributed by atoms with van der Waals surface area (Å²) in [6.45, 7) is 0. The Bertz CT molecular complexity index is 644. The number of hydrogen-bond donors (Lipinski definition) is 1. The summed E-state index contributed by atoms with van der Waals surface area (Å²) in [6, 6.07) is 1.96. The summed E-state index contributed by atoms with van der Waals surface area (Å²) in [5.74, 6) is -1.74. The Labute approximate surface area is 102 Å². The maximum atomic E-state index is 13.7. The third-order valence-corrected chi connectivity index (χ3v) is 3.23. The number of halogens is 2. The van der Waals surface area contributed by atoms with Crippen LogP contribution in [0, 0.1) is 11.6 Å². The zero-order valence-electron chi connectivity index (χ0n) is 9.72. The number of fused-ring (bicyclic) bond motifs is 1. The summed E-state index contributed by atoms with van der Waals surface area (Å²) >= 11 is 0. The maximum absolute atomic E-state index is 13.7. The van der Waals surface area contributed by atoms with Crippen molar-refractivity contribution in [3.63, 3.8) is 0 Å². The lowest BCUT2D eigenvalue weighted by Gasteiger charge is -2.01. The van der Waals surface area contributed by atoms with Crippen LogP contribution in [0.25, 0.3) is 10.9 Å². The van der Waals surface area contributed by atoms with E-state index in [1.54, 1.807) is 0 Å². The van der Waals surface area contributed by atoms with Crippen molar-refractivity contribution in [3.8, 4) is 0 Å². The van der Waals surface area contributed by atoms with Crippen molar-refractivity contribution in [1.82, 2.24) is 4.98 Å². The Hall–Kier alpha value is -1.91. The first-order valence-corrected chi connectivity index (χ1v) is 5.70. The van der Waals surface area contributed by atoms with Crippen molar-refractivity contribution >= 4 is 16.9 Å².